The van der Waals surface area contributed by atoms with E-state index in [0.717, 1.165) is 23.4 Å². The number of benzene rings is 2. The Morgan fingerprint density at radius 1 is 0.952 bits per heavy atom. The van der Waals surface area contributed by atoms with Crippen LogP contribution in [0.15, 0.2) is 36.4 Å². The smallest absolute Gasteiger partial charge is 0.121 e. The summed E-state index contributed by atoms with van der Waals surface area (Å²) in [5, 5.41) is 13.2. The monoisotopic (exact) mass is 283 g/mol. The highest BCUT2D eigenvalue weighted by Crippen LogP contribution is 2.25. The van der Waals surface area contributed by atoms with Crippen LogP contribution in [0.2, 0.25) is 0 Å². The van der Waals surface area contributed by atoms with Gasteiger partial charge in [0.1, 0.15) is 5.75 Å². The van der Waals surface area contributed by atoms with Crippen molar-refractivity contribution in [1.29, 1.82) is 0 Å². The molecule has 2 aromatic carbocycles. The predicted molar refractivity (Wildman–Crippen MR) is 90.0 cm³/mol. The van der Waals surface area contributed by atoms with Gasteiger partial charge in [-0.1, -0.05) is 45.0 Å². The first-order valence-electron chi connectivity index (χ1n) is 7.41. The van der Waals surface area contributed by atoms with E-state index in [1.54, 1.807) is 0 Å². The molecular weight excluding hydrogens is 258 g/mol. The summed E-state index contributed by atoms with van der Waals surface area (Å²) >= 11 is 0. The third-order valence-electron chi connectivity index (χ3n) is 3.80. The van der Waals surface area contributed by atoms with E-state index in [0.29, 0.717) is 5.75 Å². The molecule has 0 radical (unpaired) electrons. The molecule has 0 fully saturated rings. The highest BCUT2D eigenvalue weighted by molar-refractivity contribution is 5.48. The maximum absolute atomic E-state index is 9.80. The molecule has 2 aromatic rings. The van der Waals surface area contributed by atoms with E-state index < -0.39 is 0 Å². The molecule has 0 aliphatic rings. The normalized spacial score (nSPS) is 11.5. The Balaban J connectivity index is 2.07. The molecule has 0 aliphatic heterocycles. The Morgan fingerprint density at radius 3 is 1.95 bits per heavy atom. The van der Waals surface area contributed by atoms with Crippen molar-refractivity contribution >= 4 is 5.69 Å². The number of aryl methyl sites for hydroxylation is 2. The van der Waals surface area contributed by atoms with Crippen molar-refractivity contribution < 1.29 is 5.11 Å². The zero-order valence-corrected chi connectivity index (χ0v) is 13.6. The quantitative estimate of drug-likeness (QED) is 0.838. The summed E-state index contributed by atoms with van der Waals surface area (Å²) in [4.78, 5) is 0. The molecule has 2 rings (SSSR count). The maximum Gasteiger partial charge on any atom is 0.121 e. The van der Waals surface area contributed by atoms with Crippen molar-refractivity contribution in [2.24, 2.45) is 0 Å². The second-order valence-electron chi connectivity index (χ2n) is 6.76. The lowest BCUT2D eigenvalue weighted by Crippen LogP contribution is -2.10. The number of aromatic hydroxyl groups is 1. The lowest BCUT2D eigenvalue weighted by molar-refractivity contribution is 0.466. The molecule has 112 valence electrons. The van der Waals surface area contributed by atoms with Crippen molar-refractivity contribution in [3.63, 3.8) is 0 Å². The van der Waals surface area contributed by atoms with E-state index in [1.807, 2.05) is 26.0 Å². The van der Waals surface area contributed by atoms with Crippen LogP contribution in [0.3, 0.4) is 0 Å². The molecule has 2 nitrogen and oxygen atoms in total. The molecule has 0 atom stereocenters. The van der Waals surface area contributed by atoms with Crippen molar-refractivity contribution in [3.05, 3.63) is 58.7 Å². The average Bonchev–Trinajstić information content (AvgIpc) is 2.42. The van der Waals surface area contributed by atoms with Gasteiger partial charge in [0.25, 0.3) is 0 Å². The zero-order chi connectivity index (χ0) is 15.6. The van der Waals surface area contributed by atoms with Crippen LogP contribution >= 0.6 is 0 Å². The van der Waals surface area contributed by atoms with Crippen molar-refractivity contribution in [3.8, 4) is 5.75 Å². The van der Waals surface area contributed by atoms with Crippen molar-refractivity contribution in [2.75, 3.05) is 5.32 Å². The molecule has 2 N–H and O–H groups in total. The van der Waals surface area contributed by atoms with E-state index in [-0.39, 0.29) is 5.41 Å². The second kappa shape index (κ2) is 5.80. The molecule has 21 heavy (non-hydrogen) atoms. The Labute approximate surface area is 127 Å². The first-order valence-corrected chi connectivity index (χ1v) is 7.41. The van der Waals surface area contributed by atoms with Gasteiger partial charge in [-0.3, -0.25) is 0 Å². The van der Waals surface area contributed by atoms with Crippen LogP contribution < -0.4 is 5.32 Å². The molecule has 0 spiro atoms. The molecule has 0 aromatic heterocycles. The number of nitrogens with one attached hydrogen (secondary N) is 1. The minimum absolute atomic E-state index is 0.184. The summed E-state index contributed by atoms with van der Waals surface area (Å²) in [5.74, 6) is 0.397. The van der Waals surface area contributed by atoms with Crippen molar-refractivity contribution in [1.82, 2.24) is 0 Å². The van der Waals surface area contributed by atoms with Gasteiger partial charge in [-0.2, -0.15) is 0 Å². The van der Waals surface area contributed by atoms with E-state index in [2.05, 4.69) is 50.4 Å². The maximum atomic E-state index is 9.80. The first kappa shape index (κ1) is 15.4. The molecule has 0 unspecified atom stereocenters. The largest absolute Gasteiger partial charge is 0.507 e. The van der Waals surface area contributed by atoms with Crippen LogP contribution in [-0.2, 0) is 12.0 Å². The van der Waals surface area contributed by atoms with Gasteiger partial charge in [0.05, 0.1) is 0 Å². The fourth-order valence-electron chi connectivity index (χ4n) is 2.44. The summed E-state index contributed by atoms with van der Waals surface area (Å²) < 4.78 is 0. The van der Waals surface area contributed by atoms with Gasteiger partial charge in [-0.15, -0.1) is 0 Å². The molecule has 0 bridgehead atoms. The van der Waals surface area contributed by atoms with E-state index in [4.69, 9.17) is 0 Å². The van der Waals surface area contributed by atoms with Gasteiger partial charge in [0, 0.05) is 12.2 Å². The number of anilines is 1. The fraction of sp³-hybridized carbons (Fsp3) is 0.368. The Bertz CT molecular complexity index is 598. The summed E-state index contributed by atoms with van der Waals surface area (Å²) in [6.07, 6.45) is 0. The Hall–Kier alpha value is -1.96. The molecule has 0 heterocycles. The van der Waals surface area contributed by atoms with Gasteiger partial charge >= 0.3 is 0 Å². The molecule has 0 amide bonds. The minimum Gasteiger partial charge on any atom is -0.507 e. The average molecular weight is 283 g/mol. The summed E-state index contributed by atoms with van der Waals surface area (Å²) in [7, 11) is 0. The second-order valence-corrected chi connectivity index (χ2v) is 6.76. The van der Waals surface area contributed by atoms with Gasteiger partial charge < -0.3 is 10.4 Å². The molecule has 2 heteroatoms. The van der Waals surface area contributed by atoms with Crippen LogP contribution in [-0.4, -0.2) is 5.11 Å². The van der Waals surface area contributed by atoms with E-state index in [9.17, 15) is 5.11 Å². The predicted octanol–water partition coefficient (Wildman–Crippen LogP) is 4.92. The van der Waals surface area contributed by atoms with Gasteiger partial charge in [-0.05, 0) is 53.6 Å². The van der Waals surface area contributed by atoms with Gasteiger partial charge in [0.2, 0.25) is 0 Å². The number of phenols is 1. The summed E-state index contributed by atoms with van der Waals surface area (Å²) in [5.41, 5.74) is 5.67. The first-order chi connectivity index (χ1) is 9.77. The standard InChI is InChI=1S/C19H25NO/c1-13-10-15(11-14(2)18(13)21)12-20-17-8-6-16(7-9-17)19(3,4)5/h6-11,20-21H,12H2,1-5H3. The lowest BCUT2D eigenvalue weighted by atomic mass is 9.87. The van der Waals surface area contributed by atoms with E-state index >= 15 is 0 Å². The van der Waals surface area contributed by atoms with Crippen LogP contribution in [0.1, 0.15) is 43.0 Å². The molecule has 0 saturated heterocycles. The SMILES string of the molecule is Cc1cc(CNc2ccc(C(C)(C)C)cc2)cc(C)c1O. The minimum atomic E-state index is 0.184. The number of rotatable bonds is 3. The van der Waals surface area contributed by atoms with Gasteiger partial charge in [0.15, 0.2) is 0 Å². The Kier molecular flexibility index (Phi) is 4.26. The summed E-state index contributed by atoms with van der Waals surface area (Å²) in [6, 6.07) is 12.7. The third-order valence-corrected chi connectivity index (χ3v) is 3.80. The molecular formula is C19H25NO. The molecule has 0 aliphatic carbocycles. The molecule has 0 saturated carbocycles. The number of hydrogen-bond donors (Lipinski definition) is 2. The summed E-state index contributed by atoms with van der Waals surface area (Å²) in [6.45, 7) is 11.3. The Morgan fingerprint density at radius 2 is 1.48 bits per heavy atom. The van der Waals surface area contributed by atoms with Gasteiger partial charge in [-0.25, -0.2) is 0 Å². The lowest BCUT2D eigenvalue weighted by Gasteiger charge is -2.19. The van der Waals surface area contributed by atoms with Crippen LogP contribution in [0.5, 0.6) is 5.75 Å². The topological polar surface area (TPSA) is 32.3 Å². The third kappa shape index (κ3) is 3.78. The van der Waals surface area contributed by atoms with Crippen molar-refractivity contribution in [2.45, 2.75) is 46.6 Å². The van der Waals surface area contributed by atoms with Crippen LogP contribution in [0.25, 0.3) is 0 Å². The van der Waals surface area contributed by atoms with Crippen LogP contribution in [0.4, 0.5) is 5.69 Å². The number of phenolic OH excluding ortho intramolecular Hbond substituents is 1. The fourth-order valence-corrected chi connectivity index (χ4v) is 2.44. The van der Waals surface area contributed by atoms with E-state index in [1.165, 1.54) is 11.1 Å². The van der Waals surface area contributed by atoms with Crippen LogP contribution in [0, 0.1) is 13.8 Å². The zero-order valence-electron chi connectivity index (χ0n) is 13.6. The highest BCUT2D eigenvalue weighted by atomic mass is 16.3. The highest BCUT2D eigenvalue weighted by Gasteiger charge is 2.12. The number of hydrogen-bond acceptors (Lipinski definition) is 2.